The quantitative estimate of drug-likeness (QED) is 0.617. The molecule has 0 N–H and O–H groups in total. The van der Waals surface area contributed by atoms with Gasteiger partial charge in [-0.2, -0.15) is 0 Å². The standard InChI is InChI=1S/C24H32N4O6/c1-15(27-10-9-26(14-20(27)29)23(31)34-24(2,3)4)21-25-18-7-6-16(22(30)32-5)12-19(18)28(21)13-17-8-11-33-17/h6-7,12,15,17H,8-11,13-14H2,1-5H3/t15-,17?/m0/s1. The van der Waals surface area contributed by atoms with Crippen molar-refractivity contribution >= 4 is 29.0 Å². The lowest BCUT2D eigenvalue weighted by Crippen LogP contribution is -2.54. The molecule has 184 valence electrons. The Morgan fingerprint density at radius 3 is 2.59 bits per heavy atom. The number of piperazine rings is 1. The molecule has 0 radical (unpaired) electrons. The Kier molecular flexibility index (Phi) is 6.53. The van der Waals surface area contributed by atoms with Gasteiger partial charge in [0.15, 0.2) is 0 Å². The zero-order chi connectivity index (χ0) is 24.6. The van der Waals surface area contributed by atoms with Gasteiger partial charge in [0.1, 0.15) is 18.0 Å². The lowest BCUT2D eigenvalue weighted by molar-refractivity contribution is -0.138. The lowest BCUT2D eigenvalue weighted by atomic mass is 10.1. The zero-order valence-electron chi connectivity index (χ0n) is 20.4. The lowest BCUT2D eigenvalue weighted by Gasteiger charge is -2.38. The number of nitrogens with zero attached hydrogens (tertiary/aromatic N) is 4. The molecule has 0 saturated carbocycles. The molecule has 1 unspecified atom stereocenters. The number of carbonyl (C=O) groups is 3. The Morgan fingerprint density at radius 2 is 2.00 bits per heavy atom. The normalized spacial score (nSPS) is 19.7. The molecule has 2 fully saturated rings. The van der Waals surface area contributed by atoms with E-state index in [1.54, 1.807) is 43.9 Å². The van der Waals surface area contributed by atoms with Crippen LogP contribution in [-0.2, 0) is 25.5 Å². The van der Waals surface area contributed by atoms with Gasteiger partial charge >= 0.3 is 12.1 Å². The van der Waals surface area contributed by atoms with Crippen LogP contribution in [0.1, 0.15) is 56.3 Å². The van der Waals surface area contributed by atoms with E-state index in [1.807, 2.05) is 11.5 Å². The summed E-state index contributed by atoms with van der Waals surface area (Å²) in [6.07, 6.45) is 0.514. The van der Waals surface area contributed by atoms with Gasteiger partial charge in [-0.15, -0.1) is 0 Å². The number of imidazole rings is 1. The maximum atomic E-state index is 13.0. The fourth-order valence-electron chi connectivity index (χ4n) is 4.25. The van der Waals surface area contributed by atoms with Crippen LogP contribution in [0.3, 0.4) is 0 Å². The summed E-state index contributed by atoms with van der Waals surface area (Å²) in [5.74, 6) is 0.127. The van der Waals surface area contributed by atoms with Crippen LogP contribution >= 0.6 is 0 Å². The smallest absolute Gasteiger partial charge is 0.410 e. The van der Waals surface area contributed by atoms with E-state index >= 15 is 0 Å². The highest BCUT2D eigenvalue weighted by Crippen LogP contribution is 2.29. The van der Waals surface area contributed by atoms with E-state index in [2.05, 4.69) is 0 Å². The van der Waals surface area contributed by atoms with Gasteiger partial charge < -0.3 is 23.7 Å². The van der Waals surface area contributed by atoms with Crippen molar-refractivity contribution in [2.45, 2.75) is 58.4 Å². The molecule has 3 heterocycles. The molecule has 34 heavy (non-hydrogen) atoms. The molecule has 1 aromatic heterocycles. The number of rotatable bonds is 5. The van der Waals surface area contributed by atoms with Crippen LogP contribution in [0, 0.1) is 0 Å². The van der Waals surface area contributed by atoms with Crippen LogP contribution in [0.2, 0.25) is 0 Å². The van der Waals surface area contributed by atoms with Gasteiger partial charge in [-0.25, -0.2) is 14.6 Å². The van der Waals surface area contributed by atoms with Crippen LogP contribution < -0.4 is 0 Å². The molecule has 2 aromatic rings. The first kappa shape index (κ1) is 24.0. The second-order valence-corrected chi connectivity index (χ2v) is 9.72. The number of aromatic nitrogens is 2. The minimum absolute atomic E-state index is 0.0439. The largest absolute Gasteiger partial charge is 0.465 e. The maximum absolute atomic E-state index is 13.0. The van der Waals surface area contributed by atoms with Crippen LogP contribution in [-0.4, -0.2) is 82.4 Å². The molecule has 0 spiro atoms. The van der Waals surface area contributed by atoms with Gasteiger partial charge in [0, 0.05) is 19.7 Å². The first-order valence-corrected chi connectivity index (χ1v) is 11.5. The van der Waals surface area contributed by atoms with Gasteiger partial charge in [0.25, 0.3) is 0 Å². The second kappa shape index (κ2) is 9.25. The van der Waals surface area contributed by atoms with Crippen LogP contribution in [0.15, 0.2) is 18.2 Å². The average Bonchev–Trinajstić information content (AvgIpc) is 3.11. The van der Waals surface area contributed by atoms with Crippen molar-refractivity contribution in [1.82, 2.24) is 19.4 Å². The summed E-state index contributed by atoms with van der Waals surface area (Å²) in [6, 6.07) is 4.91. The van der Waals surface area contributed by atoms with E-state index in [0.29, 0.717) is 31.0 Å². The third-order valence-corrected chi connectivity index (χ3v) is 6.13. The Balaban J connectivity index is 1.59. The summed E-state index contributed by atoms with van der Waals surface area (Å²) in [5.41, 5.74) is 1.34. The minimum Gasteiger partial charge on any atom is -0.465 e. The van der Waals surface area contributed by atoms with E-state index in [9.17, 15) is 14.4 Å². The molecule has 0 aliphatic carbocycles. The van der Waals surface area contributed by atoms with E-state index in [-0.39, 0.29) is 24.6 Å². The highest BCUT2D eigenvalue weighted by atomic mass is 16.6. The van der Waals surface area contributed by atoms with Crippen molar-refractivity contribution in [3.8, 4) is 0 Å². The summed E-state index contributed by atoms with van der Waals surface area (Å²) in [6.45, 7) is 9.33. The number of esters is 1. The first-order chi connectivity index (χ1) is 16.1. The van der Waals surface area contributed by atoms with Crippen molar-refractivity contribution in [3.63, 3.8) is 0 Å². The molecular formula is C24H32N4O6. The van der Waals surface area contributed by atoms with E-state index < -0.39 is 17.7 Å². The topological polar surface area (TPSA) is 103 Å². The number of hydrogen-bond donors (Lipinski definition) is 0. The molecular weight excluding hydrogens is 440 g/mol. The first-order valence-electron chi connectivity index (χ1n) is 11.5. The fraction of sp³-hybridized carbons (Fsp3) is 0.583. The number of carbonyl (C=O) groups excluding carboxylic acids is 3. The molecule has 2 saturated heterocycles. The Bertz CT molecular complexity index is 1100. The minimum atomic E-state index is -0.623. The third kappa shape index (κ3) is 4.86. The molecule has 0 bridgehead atoms. The molecule has 2 amide bonds. The van der Waals surface area contributed by atoms with Gasteiger partial charge in [0.2, 0.25) is 5.91 Å². The molecule has 2 aliphatic rings. The summed E-state index contributed by atoms with van der Waals surface area (Å²) in [7, 11) is 1.35. The Labute approximate surface area is 198 Å². The summed E-state index contributed by atoms with van der Waals surface area (Å²) in [4.78, 5) is 45.5. The van der Waals surface area contributed by atoms with Crippen LogP contribution in [0.25, 0.3) is 11.0 Å². The van der Waals surface area contributed by atoms with Crippen LogP contribution in [0.4, 0.5) is 4.79 Å². The molecule has 10 nitrogen and oxygen atoms in total. The Hall–Kier alpha value is -3.14. The maximum Gasteiger partial charge on any atom is 0.410 e. The molecule has 1 aromatic carbocycles. The second-order valence-electron chi connectivity index (χ2n) is 9.72. The van der Waals surface area contributed by atoms with Crippen molar-refractivity contribution in [3.05, 3.63) is 29.6 Å². The number of methoxy groups -OCH3 is 1. The number of benzene rings is 1. The predicted molar refractivity (Wildman–Crippen MR) is 123 cm³/mol. The highest BCUT2D eigenvalue weighted by molar-refractivity contribution is 5.93. The SMILES string of the molecule is COC(=O)c1ccc2nc([C@H](C)N3CCN(C(=O)OC(C)(C)C)CC3=O)n(CC3CCO3)c2c1. The summed E-state index contributed by atoms with van der Waals surface area (Å²) in [5, 5.41) is 0. The van der Waals surface area contributed by atoms with E-state index in [0.717, 1.165) is 24.1 Å². The highest BCUT2D eigenvalue weighted by Gasteiger charge is 2.35. The average molecular weight is 473 g/mol. The number of fused-ring (bicyclic) bond motifs is 1. The van der Waals surface area contributed by atoms with E-state index in [1.165, 1.54) is 12.0 Å². The number of hydrogen-bond acceptors (Lipinski definition) is 7. The van der Waals surface area contributed by atoms with Gasteiger partial charge in [0.05, 0.1) is 42.4 Å². The number of amides is 2. The third-order valence-electron chi connectivity index (χ3n) is 6.13. The predicted octanol–water partition coefficient (Wildman–Crippen LogP) is 2.75. The van der Waals surface area contributed by atoms with Crippen molar-refractivity contribution < 1.29 is 28.6 Å². The van der Waals surface area contributed by atoms with Crippen LogP contribution in [0.5, 0.6) is 0 Å². The summed E-state index contributed by atoms with van der Waals surface area (Å²) < 4.78 is 18.0. The van der Waals surface area contributed by atoms with Gasteiger partial charge in [-0.05, 0) is 52.3 Å². The van der Waals surface area contributed by atoms with Crippen molar-refractivity contribution in [1.29, 1.82) is 0 Å². The number of ether oxygens (including phenoxy) is 3. The van der Waals surface area contributed by atoms with Crippen molar-refractivity contribution in [2.24, 2.45) is 0 Å². The Morgan fingerprint density at radius 1 is 1.26 bits per heavy atom. The van der Waals surface area contributed by atoms with Crippen molar-refractivity contribution in [2.75, 3.05) is 33.4 Å². The molecule has 2 atom stereocenters. The monoisotopic (exact) mass is 472 g/mol. The molecule has 10 heteroatoms. The molecule has 4 rings (SSSR count). The van der Waals surface area contributed by atoms with Gasteiger partial charge in [-0.1, -0.05) is 0 Å². The zero-order valence-corrected chi connectivity index (χ0v) is 20.4. The fourth-order valence-corrected chi connectivity index (χ4v) is 4.25. The van der Waals surface area contributed by atoms with Gasteiger partial charge in [-0.3, -0.25) is 9.69 Å². The summed E-state index contributed by atoms with van der Waals surface area (Å²) >= 11 is 0. The van der Waals surface area contributed by atoms with E-state index in [4.69, 9.17) is 19.2 Å². The molecule has 2 aliphatic heterocycles.